The minimum absolute atomic E-state index is 0.656. The van der Waals surface area contributed by atoms with E-state index in [1.165, 1.54) is 78.9 Å². The van der Waals surface area contributed by atoms with Crippen molar-refractivity contribution in [3.05, 3.63) is 80.9 Å². The molecule has 2 radical (unpaired) electrons. The Labute approximate surface area is 255 Å². The van der Waals surface area contributed by atoms with E-state index in [4.69, 9.17) is 17.0 Å². The molecule has 2 unspecified atom stereocenters. The Morgan fingerprint density at radius 2 is 0.974 bits per heavy atom. The van der Waals surface area contributed by atoms with Gasteiger partial charge in [0.15, 0.2) is 0 Å². The Balaban J connectivity index is 0.000000315. The van der Waals surface area contributed by atoms with Crippen molar-refractivity contribution in [2.75, 3.05) is 0 Å². The molecule has 0 heterocycles. The Morgan fingerprint density at radius 3 is 1.24 bits per heavy atom. The molecule has 2 atom stereocenters. The van der Waals surface area contributed by atoms with Gasteiger partial charge in [0, 0.05) is 9.52 Å². The molecular formula is C34H48Cl2SiZr. The van der Waals surface area contributed by atoms with Gasteiger partial charge in [0.05, 0.1) is 0 Å². The van der Waals surface area contributed by atoms with Gasteiger partial charge in [0.1, 0.15) is 0 Å². The third kappa shape index (κ3) is 8.67. The third-order valence-corrected chi connectivity index (χ3v) is 7.93. The van der Waals surface area contributed by atoms with Crippen molar-refractivity contribution in [1.82, 2.24) is 0 Å². The molecule has 4 rings (SSSR count). The van der Waals surface area contributed by atoms with Gasteiger partial charge in [-0.3, -0.25) is 0 Å². The van der Waals surface area contributed by atoms with Crippen LogP contribution in [0.1, 0.15) is 96.9 Å². The molecule has 206 valence electrons. The summed E-state index contributed by atoms with van der Waals surface area (Å²) in [7, 11) is 11.0. The van der Waals surface area contributed by atoms with Gasteiger partial charge in [-0.1, -0.05) is 118 Å². The van der Waals surface area contributed by atoms with Crippen LogP contribution in [0.2, 0.25) is 13.1 Å². The van der Waals surface area contributed by atoms with Gasteiger partial charge >= 0.3 is 37.9 Å². The summed E-state index contributed by atoms with van der Waals surface area (Å²) in [5.74, 6) is 1.31. The first-order valence-electron chi connectivity index (χ1n) is 13.8. The average Bonchev–Trinajstić information content (AvgIpc) is 3.36. The fraction of sp³-hybridized carbons (Fsp3) is 0.471. The predicted octanol–water partition coefficient (Wildman–Crippen LogP) is 12.2. The Kier molecular flexibility index (Phi) is 16.0. The van der Waals surface area contributed by atoms with Crippen molar-refractivity contribution < 1.29 is 20.8 Å². The number of aryl methyl sites for hydroxylation is 6. The summed E-state index contributed by atoms with van der Waals surface area (Å²) in [4.78, 5) is 0. The summed E-state index contributed by atoms with van der Waals surface area (Å²) < 4.78 is 0. The summed E-state index contributed by atoms with van der Waals surface area (Å²) >= 11 is -0.826. The van der Waals surface area contributed by atoms with E-state index < -0.39 is 20.8 Å². The second-order valence-corrected chi connectivity index (χ2v) is 15.3. The zero-order valence-corrected chi connectivity index (χ0v) is 30.8. The first-order chi connectivity index (χ1) is 17.9. The summed E-state index contributed by atoms with van der Waals surface area (Å²) in [5.41, 5.74) is 11.6. The van der Waals surface area contributed by atoms with E-state index in [0.29, 0.717) is 11.8 Å². The van der Waals surface area contributed by atoms with Crippen LogP contribution in [0.25, 0.3) is 21.5 Å². The Morgan fingerprint density at radius 1 is 0.684 bits per heavy atom. The van der Waals surface area contributed by atoms with E-state index in [0.717, 1.165) is 9.52 Å². The van der Waals surface area contributed by atoms with Crippen molar-refractivity contribution in [3.8, 4) is 0 Å². The number of fused-ring (bicyclic) bond motifs is 2. The second kappa shape index (κ2) is 17.2. The zero-order chi connectivity index (χ0) is 29.2. The van der Waals surface area contributed by atoms with Crippen LogP contribution < -0.4 is 0 Å². The number of halogens is 2. The van der Waals surface area contributed by atoms with Gasteiger partial charge in [0.25, 0.3) is 0 Å². The van der Waals surface area contributed by atoms with Crippen LogP contribution in [0, 0.1) is 41.5 Å². The van der Waals surface area contributed by atoms with E-state index in [1.54, 1.807) is 0 Å². The maximum absolute atomic E-state index is 4.93. The number of rotatable bonds is 4. The van der Waals surface area contributed by atoms with Crippen molar-refractivity contribution in [3.63, 3.8) is 0 Å². The zero-order valence-electron chi connectivity index (χ0n) is 25.8. The van der Waals surface area contributed by atoms with Crippen LogP contribution in [-0.2, 0) is 20.8 Å². The molecule has 0 aliphatic rings. The predicted molar refractivity (Wildman–Crippen MR) is 174 cm³/mol. The molecule has 0 nitrogen and oxygen atoms in total. The first-order valence-corrected chi connectivity index (χ1v) is 22.1. The van der Waals surface area contributed by atoms with Gasteiger partial charge < -0.3 is 0 Å². The summed E-state index contributed by atoms with van der Waals surface area (Å²) in [6.45, 7) is 26.8. The van der Waals surface area contributed by atoms with E-state index in [2.05, 4.69) is 119 Å². The molecule has 4 aromatic rings. The first kappa shape index (κ1) is 35.4. The third-order valence-electron chi connectivity index (χ3n) is 7.93. The molecule has 0 bridgehead atoms. The van der Waals surface area contributed by atoms with E-state index in [9.17, 15) is 0 Å². The second-order valence-electron chi connectivity index (χ2n) is 10.6. The Hall–Kier alpha value is -0.660. The van der Waals surface area contributed by atoms with E-state index in [-0.39, 0.29) is 0 Å². The summed E-state index contributed by atoms with van der Waals surface area (Å²) in [5, 5.41) is 5.92. The quantitative estimate of drug-likeness (QED) is 0.153. The molecule has 0 amide bonds. The van der Waals surface area contributed by atoms with Crippen molar-refractivity contribution in [1.29, 1.82) is 0 Å². The molecule has 0 aromatic heterocycles. The molecule has 4 aromatic carbocycles. The molecule has 38 heavy (non-hydrogen) atoms. The molecule has 0 saturated carbocycles. The SMILES string of the molecule is CCC(C)c1ccc(C)c2[cH-]c(C)c(C)c12.CCC(C)c1ccc(C)c2[cH-]c(C)c(C)c12.C[Si]C.[Cl][Zr+2][Cl]. The average molecular weight is 647 g/mol. The minimum atomic E-state index is -0.826. The van der Waals surface area contributed by atoms with Gasteiger partial charge in [-0.05, 0) is 11.8 Å². The standard InChI is InChI=1S/2C16H21.C2H6Si.2ClH.Zr/c2*1-6-10(2)14-8-7-11(3)15-9-12(4)13(5)16(14)15;1-3-2;;;/h2*7-10H,6H2,1-5H3;1-2H3;2*1H;/q2*-1;;;;+4/p-2. The van der Waals surface area contributed by atoms with Crippen LogP contribution in [-0.4, -0.2) is 9.52 Å². The van der Waals surface area contributed by atoms with Crippen LogP contribution in [0.4, 0.5) is 0 Å². The fourth-order valence-corrected chi connectivity index (χ4v) is 5.00. The van der Waals surface area contributed by atoms with Crippen LogP contribution in [0.5, 0.6) is 0 Å². The van der Waals surface area contributed by atoms with Gasteiger partial charge in [-0.25, -0.2) is 0 Å². The van der Waals surface area contributed by atoms with Gasteiger partial charge in [-0.2, -0.15) is 11.1 Å². The number of benzene rings is 2. The Bertz CT molecular complexity index is 1180. The summed E-state index contributed by atoms with van der Waals surface area (Å²) in [6, 6.07) is 13.8. The van der Waals surface area contributed by atoms with Crippen molar-refractivity contribution in [2.45, 2.75) is 107 Å². The molecular weight excluding hydrogens is 599 g/mol. The molecule has 0 fully saturated rings. The topological polar surface area (TPSA) is 0 Å². The van der Waals surface area contributed by atoms with E-state index >= 15 is 0 Å². The normalized spacial score (nSPS) is 11.9. The van der Waals surface area contributed by atoms with E-state index in [1.807, 2.05) is 0 Å². The van der Waals surface area contributed by atoms with Crippen LogP contribution >= 0.6 is 17.0 Å². The molecule has 0 N–H and O–H groups in total. The molecule has 0 aliphatic heterocycles. The van der Waals surface area contributed by atoms with Gasteiger partial charge in [-0.15, -0.1) is 68.1 Å². The summed E-state index contributed by atoms with van der Waals surface area (Å²) in [6.07, 6.45) is 2.42. The molecule has 0 saturated heterocycles. The maximum atomic E-state index is 4.93. The molecule has 0 spiro atoms. The molecule has 4 heteroatoms. The van der Waals surface area contributed by atoms with Crippen molar-refractivity contribution >= 4 is 48.1 Å². The number of hydrogen-bond acceptors (Lipinski definition) is 0. The molecule has 0 aliphatic carbocycles. The monoisotopic (exact) mass is 644 g/mol. The van der Waals surface area contributed by atoms with Crippen molar-refractivity contribution in [2.24, 2.45) is 0 Å². The number of hydrogen-bond donors (Lipinski definition) is 0. The van der Waals surface area contributed by atoms with Crippen LogP contribution in [0.15, 0.2) is 36.4 Å². The van der Waals surface area contributed by atoms with Gasteiger partial charge in [0.2, 0.25) is 0 Å². The van der Waals surface area contributed by atoms with Crippen LogP contribution in [0.3, 0.4) is 0 Å². The fourth-order valence-electron chi connectivity index (χ4n) is 5.00.